The molecular formula is C18H21F2N7S2. The number of rotatable bonds is 6. The fraction of sp³-hybridized carbons (Fsp3) is 0.500. The number of nitrogens with zero attached hydrogens (tertiary/aromatic N) is 5. The zero-order chi connectivity index (χ0) is 20.0. The van der Waals surface area contributed by atoms with Crippen molar-refractivity contribution in [2.75, 3.05) is 31.1 Å². The molecule has 1 saturated heterocycles. The van der Waals surface area contributed by atoms with Gasteiger partial charge < -0.3 is 10.2 Å². The van der Waals surface area contributed by atoms with Crippen LogP contribution >= 0.6 is 23.3 Å². The van der Waals surface area contributed by atoms with Crippen molar-refractivity contribution in [1.29, 1.82) is 0 Å². The van der Waals surface area contributed by atoms with Gasteiger partial charge in [-0.25, -0.2) is 13.8 Å². The first-order valence-corrected chi connectivity index (χ1v) is 11.2. The third-order valence-corrected chi connectivity index (χ3v) is 7.27. The van der Waals surface area contributed by atoms with Crippen LogP contribution in [0.3, 0.4) is 0 Å². The number of hydrogen-bond donors (Lipinski definition) is 2. The Bertz CT molecular complexity index is 1020. The highest BCUT2D eigenvalue weighted by atomic mass is 32.2. The third-order valence-electron chi connectivity index (χ3n) is 5.29. The third kappa shape index (κ3) is 3.83. The SMILES string of the molecule is CC1(NSc2cc(N3CCNCC3)c3cnc(-c4nnc(C(F)F)s4)n3c2)CC1. The van der Waals surface area contributed by atoms with Crippen molar-refractivity contribution in [3.8, 4) is 10.8 Å². The van der Waals surface area contributed by atoms with E-state index in [-0.39, 0.29) is 10.5 Å². The average molecular weight is 438 g/mol. The zero-order valence-electron chi connectivity index (χ0n) is 15.9. The molecule has 0 spiro atoms. The molecule has 2 fully saturated rings. The van der Waals surface area contributed by atoms with Crippen LogP contribution in [-0.2, 0) is 0 Å². The summed E-state index contributed by atoms with van der Waals surface area (Å²) in [6.07, 6.45) is 3.50. The summed E-state index contributed by atoms with van der Waals surface area (Å²) in [6, 6.07) is 2.18. The summed E-state index contributed by atoms with van der Waals surface area (Å²) in [5, 5.41) is 11.1. The van der Waals surface area contributed by atoms with Gasteiger partial charge in [0, 0.05) is 42.8 Å². The molecule has 5 rings (SSSR count). The molecule has 0 amide bonds. The maximum atomic E-state index is 13.0. The number of anilines is 1. The molecular weight excluding hydrogens is 416 g/mol. The minimum absolute atomic E-state index is 0.192. The summed E-state index contributed by atoms with van der Waals surface area (Å²) in [5.74, 6) is 0.542. The Morgan fingerprint density at radius 3 is 2.76 bits per heavy atom. The minimum Gasteiger partial charge on any atom is -0.367 e. The van der Waals surface area contributed by atoms with Crippen LogP contribution in [0.15, 0.2) is 23.4 Å². The van der Waals surface area contributed by atoms with Gasteiger partial charge in [0.15, 0.2) is 15.8 Å². The van der Waals surface area contributed by atoms with Crippen LogP contribution in [0.1, 0.15) is 31.2 Å². The van der Waals surface area contributed by atoms with Gasteiger partial charge in [-0.05, 0) is 37.8 Å². The number of pyridine rings is 1. The highest BCUT2D eigenvalue weighted by Gasteiger charge is 2.37. The molecule has 4 heterocycles. The van der Waals surface area contributed by atoms with Crippen molar-refractivity contribution in [3.63, 3.8) is 0 Å². The molecule has 2 N–H and O–H groups in total. The smallest absolute Gasteiger partial charge is 0.291 e. The Labute approximate surface area is 175 Å². The summed E-state index contributed by atoms with van der Waals surface area (Å²) in [5.41, 5.74) is 2.23. The van der Waals surface area contributed by atoms with Crippen LogP contribution in [0.25, 0.3) is 16.3 Å². The molecule has 3 aromatic rings. The lowest BCUT2D eigenvalue weighted by molar-refractivity contribution is 0.150. The van der Waals surface area contributed by atoms with E-state index in [9.17, 15) is 8.78 Å². The summed E-state index contributed by atoms with van der Waals surface area (Å²) in [4.78, 5) is 7.90. The van der Waals surface area contributed by atoms with E-state index in [0.717, 1.165) is 53.6 Å². The second-order valence-electron chi connectivity index (χ2n) is 7.65. The first-order chi connectivity index (χ1) is 14.0. The maximum Gasteiger partial charge on any atom is 0.291 e. The van der Waals surface area contributed by atoms with Gasteiger partial charge in [-0.3, -0.25) is 9.12 Å². The molecule has 1 aliphatic heterocycles. The lowest BCUT2D eigenvalue weighted by Crippen LogP contribution is -2.43. The average Bonchev–Trinajstić information content (AvgIpc) is 3.11. The van der Waals surface area contributed by atoms with Gasteiger partial charge >= 0.3 is 0 Å². The summed E-state index contributed by atoms with van der Waals surface area (Å²) in [6.45, 7) is 5.88. The van der Waals surface area contributed by atoms with Crippen LogP contribution in [0.5, 0.6) is 0 Å². The highest BCUT2D eigenvalue weighted by molar-refractivity contribution is 7.97. The van der Waals surface area contributed by atoms with Crippen LogP contribution in [0, 0.1) is 0 Å². The van der Waals surface area contributed by atoms with Gasteiger partial charge in [-0.15, -0.1) is 10.2 Å². The number of piperazine rings is 1. The molecule has 7 nitrogen and oxygen atoms in total. The minimum atomic E-state index is -2.63. The Kier molecular flexibility index (Phi) is 4.93. The number of fused-ring (bicyclic) bond motifs is 1. The molecule has 1 saturated carbocycles. The monoisotopic (exact) mass is 437 g/mol. The fourth-order valence-corrected chi connectivity index (χ4v) is 4.90. The maximum absolute atomic E-state index is 13.0. The van der Waals surface area contributed by atoms with Gasteiger partial charge in [0.2, 0.25) is 0 Å². The van der Waals surface area contributed by atoms with Crippen molar-refractivity contribution >= 4 is 34.5 Å². The predicted octanol–water partition coefficient (Wildman–Crippen LogP) is 3.35. The molecule has 29 heavy (non-hydrogen) atoms. The molecule has 0 bridgehead atoms. The first kappa shape index (κ1) is 19.2. The Hall–Kier alpha value is -1.82. The summed E-state index contributed by atoms with van der Waals surface area (Å²) >= 11 is 2.49. The van der Waals surface area contributed by atoms with E-state index < -0.39 is 6.43 Å². The van der Waals surface area contributed by atoms with Crippen LogP contribution in [0.4, 0.5) is 14.5 Å². The first-order valence-electron chi connectivity index (χ1n) is 9.55. The number of aromatic nitrogens is 4. The molecule has 11 heteroatoms. The molecule has 0 radical (unpaired) electrons. The van der Waals surface area contributed by atoms with Gasteiger partial charge in [-0.2, -0.15) is 0 Å². The van der Waals surface area contributed by atoms with Crippen molar-refractivity contribution in [1.82, 2.24) is 29.6 Å². The Morgan fingerprint density at radius 1 is 1.28 bits per heavy atom. The van der Waals surface area contributed by atoms with Crippen molar-refractivity contribution in [2.45, 2.75) is 36.6 Å². The quantitative estimate of drug-likeness (QED) is 0.573. The van der Waals surface area contributed by atoms with Crippen LogP contribution in [-0.4, -0.2) is 51.3 Å². The van der Waals surface area contributed by atoms with Crippen molar-refractivity contribution < 1.29 is 8.78 Å². The van der Waals surface area contributed by atoms with Crippen LogP contribution < -0.4 is 14.9 Å². The predicted molar refractivity (Wildman–Crippen MR) is 111 cm³/mol. The van der Waals surface area contributed by atoms with Gasteiger partial charge in [0.25, 0.3) is 6.43 Å². The Morgan fingerprint density at radius 2 is 2.07 bits per heavy atom. The van der Waals surface area contributed by atoms with E-state index in [2.05, 4.69) is 43.1 Å². The zero-order valence-corrected chi connectivity index (χ0v) is 17.5. The second-order valence-corrected chi connectivity index (χ2v) is 9.53. The number of hydrogen-bond acceptors (Lipinski definition) is 8. The topological polar surface area (TPSA) is 70.4 Å². The van der Waals surface area contributed by atoms with Gasteiger partial charge in [0.05, 0.1) is 17.4 Å². The number of halogens is 2. The van der Waals surface area contributed by atoms with Gasteiger partial charge in [0.1, 0.15) is 0 Å². The molecule has 2 aliphatic rings. The van der Waals surface area contributed by atoms with E-state index in [1.165, 1.54) is 12.8 Å². The summed E-state index contributed by atoms with van der Waals surface area (Å²) in [7, 11) is 0. The van der Waals surface area contributed by atoms with Gasteiger partial charge in [-0.1, -0.05) is 11.3 Å². The fourth-order valence-electron chi connectivity index (χ4n) is 3.31. The number of alkyl halides is 2. The van der Waals surface area contributed by atoms with Crippen LogP contribution in [0.2, 0.25) is 0 Å². The largest absolute Gasteiger partial charge is 0.367 e. The molecule has 0 unspecified atom stereocenters. The van der Waals surface area contributed by atoms with Crippen molar-refractivity contribution in [3.05, 3.63) is 23.5 Å². The van der Waals surface area contributed by atoms with E-state index in [1.807, 2.05) is 10.6 Å². The van der Waals surface area contributed by atoms with E-state index >= 15 is 0 Å². The highest BCUT2D eigenvalue weighted by Crippen LogP contribution is 2.39. The van der Waals surface area contributed by atoms with E-state index in [4.69, 9.17) is 0 Å². The molecule has 0 aromatic carbocycles. The molecule has 1 aliphatic carbocycles. The lowest BCUT2D eigenvalue weighted by Gasteiger charge is -2.30. The molecule has 0 atom stereocenters. The second kappa shape index (κ2) is 7.46. The van der Waals surface area contributed by atoms with E-state index in [1.54, 1.807) is 18.1 Å². The number of imidazole rings is 1. The normalized spacial score (nSPS) is 18.7. The summed E-state index contributed by atoms with van der Waals surface area (Å²) < 4.78 is 31.5. The molecule has 154 valence electrons. The number of nitrogens with one attached hydrogen (secondary N) is 2. The molecule has 3 aromatic heterocycles. The Balaban J connectivity index is 1.57. The standard InChI is InChI=1S/C18H21F2N7S2/c1-18(2-3-18)25-29-11-8-12(26-6-4-21-5-7-26)13-9-22-15(27(13)10-11)17-24-23-16(28-17)14(19)20/h8-10,14,21,25H,2-7H2,1H3. The van der Waals surface area contributed by atoms with E-state index in [0.29, 0.717) is 10.8 Å². The van der Waals surface area contributed by atoms with Crippen molar-refractivity contribution in [2.24, 2.45) is 0 Å². The lowest BCUT2D eigenvalue weighted by atomic mass is 10.2.